The van der Waals surface area contributed by atoms with Gasteiger partial charge in [0, 0.05) is 6.54 Å². The number of carboxylic acids is 1. The molecule has 0 bridgehead atoms. The van der Waals surface area contributed by atoms with E-state index in [1.807, 2.05) is 11.6 Å². The van der Waals surface area contributed by atoms with E-state index in [0.717, 1.165) is 25.2 Å². The lowest BCUT2D eigenvalue weighted by atomic mass is 10.2. The lowest BCUT2D eigenvalue weighted by Gasteiger charge is -2.14. The van der Waals surface area contributed by atoms with E-state index in [9.17, 15) is 4.79 Å². The average Bonchev–Trinajstić information content (AvgIpc) is 2.88. The standard InChI is InChI=1S/C13H21N3O2/c1-10-12(13(17)18)11(2)16(14-10)9-5-8-15-6-3-4-7-15/h3-9H2,1-2H3,(H,17,18). The number of rotatable bonds is 5. The molecule has 0 radical (unpaired) electrons. The molecule has 5 nitrogen and oxygen atoms in total. The van der Waals surface area contributed by atoms with Gasteiger partial charge in [-0.15, -0.1) is 0 Å². The first-order valence-corrected chi connectivity index (χ1v) is 6.59. The molecule has 0 amide bonds. The van der Waals surface area contributed by atoms with Crippen molar-refractivity contribution in [3.05, 3.63) is 17.0 Å². The van der Waals surface area contributed by atoms with Crippen molar-refractivity contribution in [1.29, 1.82) is 0 Å². The fourth-order valence-corrected chi connectivity index (χ4v) is 2.67. The second-order valence-corrected chi connectivity index (χ2v) is 4.98. The van der Waals surface area contributed by atoms with Crippen LogP contribution in [0, 0.1) is 13.8 Å². The van der Waals surface area contributed by atoms with Gasteiger partial charge < -0.3 is 10.0 Å². The summed E-state index contributed by atoms with van der Waals surface area (Å²) in [6.45, 7) is 7.89. The van der Waals surface area contributed by atoms with Gasteiger partial charge in [0.05, 0.1) is 11.4 Å². The molecule has 0 spiro atoms. The lowest BCUT2D eigenvalue weighted by molar-refractivity contribution is 0.0695. The van der Waals surface area contributed by atoms with Gasteiger partial charge in [-0.05, 0) is 52.7 Å². The van der Waals surface area contributed by atoms with Gasteiger partial charge in [0.25, 0.3) is 0 Å². The van der Waals surface area contributed by atoms with E-state index in [-0.39, 0.29) is 0 Å². The summed E-state index contributed by atoms with van der Waals surface area (Å²) >= 11 is 0. The van der Waals surface area contributed by atoms with Crippen LogP contribution in [0.1, 0.15) is 41.0 Å². The van der Waals surface area contributed by atoms with Crippen LogP contribution in [0.2, 0.25) is 0 Å². The van der Waals surface area contributed by atoms with E-state index in [4.69, 9.17) is 5.11 Å². The number of carbonyl (C=O) groups is 1. The normalized spacial score (nSPS) is 16.3. The molecule has 0 saturated carbocycles. The largest absolute Gasteiger partial charge is 0.478 e. The van der Waals surface area contributed by atoms with Gasteiger partial charge in [0.1, 0.15) is 5.56 Å². The number of aromatic carboxylic acids is 1. The van der Waals surface area contributed by atoms with Crippen molar-refractivity contribution in [3.63, 3.8) is 0 Å². The Bertz CT molecular complexity index is 434. The molecule has 2 heterocycles. The molecule has 1 aliphatic heterocycles. The molecule has 2 rings (SSSR count). The topological polar surface area (TPSA) is 58.4 Å². The molecular weight excluding hydrogens is 230 g/mol. The number of likely N-dealkylation sites (tertiary alicyclic amines) is 1. The Morgan fingerprint density at radius 3 is 2.50 bits per heavy atom. The van der Waals surface area contributed by atoms with E-state index in [2.05, 4.69) is 10.00 Å². The third-order valence-corrected chi connectivity index (χ3v) is 3.64. The predicted molar refractivity (Wildman–Crippen MR) is 69.0 cm³/mol. The monoisotopic (exact) mass is 251 g/mol. The zero-order chi connectivity index (χ0) is 13.1. The van der Waals surface area contributed by atoms with E-state index in [1.54, 1.807) is 6.92 Å². The Morgan fingerprint density at radius 1 is 1.28 bits per heavy atom. The summed E-state index contributed by atoms with van der Waals surface area (Å²) in [5, 5.41) is 13.4. The van der Waals surface area contributed by atoms with Crippen molar-refractivity contribution in [2.45, 2.75) is 39.7 Å². The molecule has 0 unspecified atom stereocenters. The van der Waals surface area contributed by atoms with Crippen LogP contribution < -0.4 is 0 Å². The van der Waals surface area contributed by atoms with Crippen LogP contribution in [-0.4, -0.2) is 45.4 Å². The summed E-state index contributed by atoms with van der Waals surface area (Å²) in [4.78, 5) is 13.5. The van der Waals surface area contributed by atoms with Gasteiger partial charge in [0.2, 0.25) is 0 Å². The molecule has 1 fully saturated rings. The highest BCUT2D eigenvalue weighted by Gasteiger charge is 2.17. The minimum atomic E-state index is -0.879. The first-order valence-electron chi connectivity index (χ1n) is 6.59. The summed E-state index contributed by atoms with van der Waals surface area (Å²) in [6, 6.07) is 0. The molecule has 1 N–H and O–H groups in total. The van der Waals surface area contributed by atoms with Crippen molar-refractivity contribution in [2.24, 2.45) is 0 Å². The summed E-state index contributed by atoms with van der Waals surface area (Å²) in [5.74, 6) is -0.879. The van der Waals surface area contributed by atoms with Crippen molar-refractivity contribution >= 4 is 5.97 Å². The summed E-state index contributed by atoms with van der Waals surface area (Å²) in [5.41, 5.74) is 1.73. The van der Waals surface area contributed by atoms with Crippen molar-refractivity contribution < 1.29 is 9.90 Å². The molecule has 0 atom stereocenters. The smallest absolute Gasteiger partial charge is 0.339 e. The molecule has 18 heavy (non-hydrogen) atoms. The van der Waals surface area contributed by atoms with Gasteiger partial charge in [-0.3, -0.25) is 4.68 Å². The Balaban J connectivity index is 1.93. The molecule has 100 valence electrons. The number of aryl methyl sites for hydroxylation is 2. The molecular formula is C13H21N3O2. The van der Waals surface area contributed by atoms with Crippen LogP contribution in [0.5, 0.6) is 0 Å². The maximum atomic E-state index is 11.1. The Morgan fingerprint density at radius 2 is 1.94 bits per heavy atom. The maximum Gasteiger partial charge on any atom is 0.339 e. The first kappa shape index (κ1) is 13.1. The summed E-state index contributed by atoms with van der Waals surface area (Å²) in [7, 11) is 0. The second kappa shape index (κ2) is 5.52. The van der Waals surface area contributed by atoms with Gasteiger partial charge in [0.15, 0.2) is 0 Å². The fraction of sp³-hybridized carbons (Fsp3) is 0.692. The highest BCUT2D eigenvalue weighted by molar-refractivity contribution is 5.90. The first-order chi connectivity index (χ1) is 8.59. The van der Waals surface area contributed by atoms with Crippen LogP contribution in [0.4, 0.5) is 0 Å². The number of hydrogen-bond acceptors (Lipinski definition) is 3. The van der Waals surface area contributed by atoms with Crippen LogP contribution in [0.25, 0.3) is 0 Å². The third-order valence-electron chi connectivity index (χ3n) is 3.64. The lowest BCUT2D eigenvalue weighted by Crippen LogP contribution is -2.21. The molecule has 1 aromatic rings. The van der Waals surface area contributed by atoms with Crippen LogP contribution in [0.3, 0.4) is 0 Å². The number of carboxylic acid groups (broad SMARTS) is 1. The second-order valence-electron chi connectivity index (χ2n) is 4.98. The molecule has 1 aromatic heterocycles. The molecule has 1 saturated heterocycles. The van der Waals surface area contributed by atoms with E-state index in [1.165, 1.54) is 25.9 Å². The highest BCUT2D eigenvalue weighted by Crippen LogP contribution is 2.14. The average molecular weight is 251 g/mol. The Kier molecular flexibility index (Phi) is 4.01. The van der Waals surface area contributed by atoms with E-state index >= 15 is 0 Å². The van der Waals surface area contributed by atoms with Gasteiger partial charge in [-0.2, -0.15) is 5.10 Å². The SMILES string of the molecule is Cc1nn(CCCN2CCCC2)c(C)c1C(=O)O. The van der Waals surface area contributed by atoms with Crippen LogP contribution >= 0.6 is 0 Å². The predicted octanol–water partition coefficient (Wildman–Crippen LogP) is 1.68. The zero-order valence-electron chi connectivity index (χ0n) is 11.1. The van der Waals surface area contributed by atoms with Crippen LogP contribution in [-0.2, 0) is 6.54 Å². The van der Waals surface area contributed by atoms with Crippen molar-refractivity contribution in [1.82, 2.24) is 14.7 Å². The maximum absolute atomic E-state index is 11.1. The molecule has 0 aromatic carbocycles. The van der Waals surface area contributed by atoms with Gasteiger partial charge in [-0.1, -0.05) is 0 Å². The van der Waals surface area contributed by atoms with E-state index in [0.29, 0.717) is 11.3 Å². The van der Waals surface area contributed by atoms with Crippen LogP contribution in [0.15, 0.2) is 0 Å². The molecule has 0 aliphatic carbocycles. The molecule has 1 aliphatic rings. The van der Waals surface area contributed by atoms with Gasteiger partial charge >= 0.3 is 5.97 Å². The third kappa shape index (κ3) is 2.72. The number of nitrogens with zero attached hydrogens (tertiary/aromatic N) is 3. The quantitative estimate of drug-likeness (QED) is 0.865. The fourth-order valence-electron chi connectivity index (χ4n) is 2.67. The van der Waals surface area contributed by atoms with Crippen molar-refractivity contribution in [2.75, 3.05) is 19.6 Å². The van der Waals surface area contributed by atoms with Gasteiger partial charge in [-0.25, -0.2) is 4.79 Å². The minimum Gasteiger partial charge on any atom is -0.478 e. The number of aromatic nitrogens is 2. The summed E-state index contributed by atoms with van der Waals surface area (Å²) < 4.78 is 1.83. The summed E-state index contributed by atoms with van der Waals surface area (Å²) in [6.07, 6.45) is 3.65. The van der Waals surface area contributed by atoms with E-state index < -0.39 is 5.97 Å². The number of hydrogen-bond donors (Lipinski definition) is 1. The Hall–Kier alpha value is -1.36. The van der Waals surface area contributed by atoms with Crippen molar-refractivity contribution in [3.8, 4) is 0 Å². The Labute approximate surface area is 107 Å². The minimum absolute atomic E-state index is 0.358. The zero-order valence-corrected chi connectivity index (χ0v) is 11.1. The molecule has 5 heteroatoms. The highest BCUT2D eigenvalue weighted by atomic mass is 16.4.